The molecule has 0 atom stereocenters. The molecule has 1 heterocycles. The zero-order chi connectivity index (χ0) is 8.39. The van der Waals surface area contributed by atoms with E-state index in [-0.39, 0.29) is 0 Å². The van der Waals surface area contributed by atoms with E-state index in [2.05, 4.69) is 9.97 Å². The van der Waals surface area contributed by atoms with Crippen molar-refractivity contribution < 1.29 is 4.18 Å². The molecule has 0 saturated heterocycles. The highest BCUT2D eigenvalue weighted by Crippen LogP contribution is 2.16. The van der Waals surface area contributed by atoms with E-state index in [1.165, 1.54) is 12.0 Å². The standard InChI is InChI=1S/C8H8N2OS/c1-12-11-8-9-6-4-2-3-5-7(6)10-8/h2-5H,1H3,(H,9,10). The maximum atomic E-state index is 5.14. The summed E-state index contributed by atoms with van der Waals surface area (Å²) in [5.74, 6) is 0. The van der Waals surface area contributed by atoms with Crippen molar-refractivity contribution in [2.75, 3.05) is 6.26 Å². The summed E-state index contributed by atoms with van der Waals surface area (Å²) < 4.78 is 5.14. The predicted molar refractivity (Wildman–Crippen MR) is 50.2 cm³/mol. The first-order chi connectivity index (χ1) is 5.90. The van der Waals surface area contributed by atoms with E-state index in [0.717, 1.165) is 11.0 Å². The lowest BCUT2D eigenvalue weighted by atomic mass is 10.3. The molecular formula is C8H8N2OS. The van der Waals surface area contributed by atoms with Gasteiger partial charge in [-0.1, -0.05) is 12.1 Å². The fourth-order valence-corrected chi connectivity index (χ4v) is 1.28. The number of rotatable bonds is 2. The largest absolute Gasteiger partial charge is 0.391 e. The Morgan fingerprint density at radius 1 is 1.42 bits per heavy atom. The highest BCUT2D eigenvalue weighted by molar-refractivity contribution is 7.94. The first-order valence-electron chi connectivity index (χ1n) is 3.55. The molecule has 0 fully saturated rings. The molecule has 0 aliphatic rings. The summed E-state index contributed by atoms with van der Waals surface area (Å²) in [4.78, 5) is 7.25. The number of hydrogen-bond acceptors (Lipinski definition) is 3. The molecule has 0 bridgehead atoms. The number of fused-ring (bicyclic) bond motifs is 1. The molecule has 2 rings (SSSR count). The smallest absolute Gasteiger partial charge is 0.307 e. The number of imidazole rings is 1. The SMILES string of the molecule is CSOc1nc2ccccc2[nH]1. The Kier molecular flexibility index (Phi) is 1.91. The van der Waals surface area contributed by atoms with Crippen molar-refractivity contribution in [3.63, 3.8) is 0 Å². The van der Waals surface area contributed by atoms with E-state index in [9.17, 15) is 0 Å². The van der Waals surface area contributed by atoms with Crippen molar-refractivity contribution in [2.45, 2.75) is 0 Å². The molecule has 12 heavy (non-hydrogen) atoms. The lowest BCUT2D eigenvalue weighted by Gasteiger charge is -1.90. The van der Waals surface area contributed by atoms with Crippen LogP contribution >= 0.6 is 12.0 Å². The summed E-state index contributed by atoms with van der Waals surface area (Å²) in [5.41, 5.74) is 1.93. The number of benzene rings is 1. The van der Waals surface area contributed by atoms with Gasteiger partial charge < -0.3 is 9.17 Å². The molecule has 4 heteroatoms. The summed E-state index contributed by atoms with van der Waals surface area (Å²) in [7, 11) is 0. The van der Waals surface area contributed by atoms with Gasteiger partial charge in [-0.15, -0.1) is 0 Å². The second-order valence-corrected chi connectivity index (χ2v) is 2.81. The summed E-state index contributed by atoms with van der Waals surface area (Å²) in [6, 6.07) is 8.38. The monoisotopic (exact) mass is 180 g/mol. The van der Waals surface area contributed by atoms with Crippen LogP contribution in [0.5, 0.6) is 6.01 Å². The first kappa shape index (κ1) is 7.49. The van der Waals surface area contributed by atoms with Crippen LogP contribution in [0.4, 0.5) is 0 Å². The van der Waals surface area contributed by atoms with Gasteiger partial charge in [0.15, 0.2) is 0 Å². The van der Waals surface area contributed by atoms with Crippen LogP contribution in [-0.2, 0) is 0 Å². The van der Waals surface area contributed by atoms with Gasteiger partial charge in [-0.2, -0.15) is 4.98 Å². The highest BCUT2D eigenvalue weighted by Gasteiger charge is 2.00. The van der Waals surface area contributed by atoms with Crippen LogP contribution < -0.4 is 4.18 Å². The summed E-state index contributed by atoms with van der Waals surface area (Å²) in [5, 5.41) is 0. The molecule has 0 aliphatic heterocycles. The number of nitrogens with one attached hydrogen (secondary N) is 1. The van der Waals surface area contributed by atoms with Crippen molar-refractivity contribution >= 4 is 23.1 Å². The van der Waals surface area contributed by atoms with E-state index in [0.29, 0.717) is 6.01 Å². The molecule has 0 spiro atoms. The van der Waals surface area contributed by atoms with Crippen molar-refractivity contribution in [1.82, 2.24) is 9.97 Å². The highest BCUT2D eigenvalue weighted by atomic mass is 32.2. The number of H-pyrrole nitrogens is 1. The molecule has 0 radical (unpaired) electrons. The van der Waals surface area contributed by atoms with Gasteiger partial charge in [0.2, 0.25) is 0 Å². The topological polar surface area (TPSA) is 37.9 Å². The molecule has 2 aromatic rings. The summed E-state index contributed by atoms with van der Waals surface area (Å²) in [6.07, 6.45) is 1.85. The molecule has 0 amide bonds. The Hall–Kier alpha value is -1.16. The maximum Gasteiger partial charge on any atom is 0.307 e. The normalized spacial score (nSPS) is 10.4. The number of aromatic nitrogens is 2. The number of para-hydroxylation sites is 2. The molecule has 0 unspecified atom stereocenters. The minimum absolute atomic E-state index is 0.559. The van der Waals surface area contributed by atoms with Crippen molar-refractivity contribution in [3.8, 4) is 6.01 Å². The molecule has 0 saturated carbocycles. The van der Waals surface area contributed by atoms with Gasteiger partial charge in [0.1, 0.15) is 0 Å². The van der Waals surface area contributed by atoms with Gasteiger partial charge in [0.05, 0.1) is 23.1 Å². The lowest BCUT2D eigenvalue weighted by molar-refractivity contribution is 0.601. The third-order valence-corrected chi connectivity index (χ3v) is 1.85. The minimum atomic E-state index is 0.559. The third kappa shape index (κ3) is 1.25. The van der Waals surface area contributed by atoms with E-state index in [4.69, 9.17) is 4.18 Å². The summed E-state index contributed by atoms with van der Waals surface area (Å²) in [6.45, 7) is 0. The van der Waals surface area contributed by atoms with Gasteiger partial charge in [0, 0.05) is 6.26 Å². The molecule has 3 nitrogen and oxygen atoms in total. The zero-order valence-corrected chi connectivity index (χ0v) is 7.39. The molecule has 62 valence electrons. The average molecular weight is 180 g/mol. The Morgan fingerprint density at radius 2 is 2.25 bits per heavy atom. The van der Waals surface area contributed by atoms with Gasteiger partial charge in [0.25, 0.3) is 0 Å². The van der Waals surface area contributed by atoms with Crippen LogP contribution in [0.1, 0.15) is 0 Å². The second kappa shape index (κ2) is 3.06. The van der Waals surface area contributed by atoms with Gasteiger partial charge in [-0.3, -0.25) is 0 Å². The van der Waals surface area contributed by atoms with E-state index >= 15 is 0 Å². The van der Waals surface area contributed by atoms with Crippen LogP contribution in [0.15, 0.2) is 24.3 Å². The van der Waals surface area contributed by atoms with Gasteiger partial charge in [-0.05, 0) is 12.1 Å². The van der Waals surface area contributed by atoms with Gasteiger partial charge in [-0.25, -0.2) is 0 Å². The third-order valence-electron chi connectivity index (χ3n) is 1.53. The second-order valence-electron chi connectivity index (χ2n) is 2.31. The van der Waals surface area contributed by atoms with Crippen LogP contribution in [0.2, 0.25) is 0 Å². The van der Waals surface area contributed by atoms with E-state index in [1.54, 1.807) is 0 Å². The van der Waals surface area contributed by atoms with Crippen LogP contribution in [0, 0.1) is 0 Å². The van der Waals surface area contributed by atoms with Crippen molar-refractivity contribution in [2.24, 2.45) is 0 Å². The Bertz CT molecular complexity index is 352. The van der Waals surface area contributed by atoms with Crippen molar-refractivity contribution in [3.05, 3.63) is 24.3 Å². The summed E-state index contributed by atoms with van der Waals surface area (Å²) >= 11 is 1.28. The predicted octanol–water partition coefficient (Wildman–Crippen LogP) is 2.22. The average Bonchev–Trinajstić information content (AvgIpc) is 2.47. The first-order valence-corrected chi connectivity index (χ1v) is 4.70. The Morgan fingerprint density at radius 3 is 3.00 bits per heavy atom. The fourth-order valence-electron chi connectivity index (χ4n) is 1.05. The van der Waals surface area contributed by atoms with Crippen LogP contribution in [0.3, 0.4) is 0 Å². The number of nitrogens with zero attached hydrogens (tertiary/aromatic N) is 1. The van der Waals surface area contributed by atoms with Crippen LogP contribution in [0.25, 0.3) is 11.0 Å². The molecule has 0 aliphatic carbocycles. The quantitative estimate of drug-likeness (QED) is 0.720. The zero-order valence-electron chi connectivity index (χ0n) is 6.57. The Balaban J connectivity index is 2.47. The lowest BCUT2D eigenvalue weighted by Crippen LogP contribution is -1.79. The van der Waals surface area contributed by atoms with Crippen molar-refractivity contribution in [1.29, 1.82) is 0 Å². The molecule has 1 aromatic carbocycles. The molecular weight excluding hydrogens is 172 g/mol. The van der Waals surface area contributed by atoms with Gasteiger partial charge >= 0.3 is 6.01 Å². The van der Waals surface area contributed by atoms with Crippen LogP contribution in [-0.4, -0.2) is 16.2 Å². The fraction of sp³-hybridized carbons (Fsp3) is 0.125. The number of aromatic amines is 1. The van der Waals surface area contributed by atoms with E-state index < -0.39 is 0 Å². The maximum absolute atomic E-state index is 5.14. The minimum Gasteiger partial charge on any atom is -0.391 e. The van der Waals surface area contributed by atoms with E-state index in [1.807, 2.05) is 30.5 Å². The number of hydrogen-bond donors (Lipinski definition) is 1. The molecule has 1 aromatic heterocycles. The Labute approximate surface area is 74.4 Å². The molecule has 1 N–H and O–H groups in total.